The fraction of sp³-hybridized carbons (Fsp3) is 0.111. The van der Waals surface area contributed by atoms with E-state index in [1.54, 1.807) is 6.20 Å². The fourth-order valence-electron chi connectivity index (χ4n) is 2.28. The molecule has 0 aliphatic rings. The molecule has 4 nitrogen and oxygen atoms in total. The Kier molecular flexibility index (Phi) is 4.44. The maximum Gasteiger partial charge on any atom is 0.243 e. The van der Waals surface area contributed by atoms with Gasteiger partial charge in [0.25, 0.3) is 0 Å². The number of para-hydroxylation sites is 1. The Morgan fingerprint density at radius 3 is 2.83 bits per heavy atom. The van der Waals surface area contributed by atoms with Crippen molar-refractivity contribution in [3.05, 3.63) is 65.3 Å². The number of amides is 1. The quantitative estimate of drug-likeness (QED) is 0.754. The number of aryl methyl sites for hydroxylation is 1. The Labute approximate surface area is 139 Å². The van der Waals surface area contributed by atoms with Crippen molar-refractivity contribution in [2.75, 3.05) is 17.2 Å². The van der Waals surface area contributed by atoms with Crippen LogP contribution in [0.5, 0.6) is 0 Å². The van der Waals surface area contributed by atoms with E-state index < -0.39 is 0 Å². The molecule has 3 aromatic rings. The molecule has 0 aliphatic heterocycles. The smallest absolute Gasteiger partial charge is 0.243 e. The lowest BCUT2D eigenvalue weighted by atomic mass is 10.2. The number of anilines is 2. The number of fused-ring (bicyclic) bond motifs is 1. The number of pyridine rings is 1. The molecule has 2 N–H and O–H groups in total. The molecule has 0 atom stereocenters. The van der Waals surface area contributed by atoms with Crippen LogP contribution in [0.3, 0.4) is 0 Å². The average Bonchev–Trinajstić information content (AvgIpc) is 2.56. The summed E-state index contributed by atoms with van der Waals surface area (Å²) >= 11 is 6.08. The van der Waals surface area contributed by atoms with Crippen LogP contribution < -0.4 is 10.6 Å². The topological polar surface area (TPSA) is 54.0 Å². The number of hydrogen-bond acceptors (Lipinski definition) is 3. The van der Waals surface area contributed by atoms with Crippen LogP contribution in [0.2, 0.25) is 5.02 Å². The van der Waals surface area contributed by atoms with Gasteiger partial charge in [0, 0.05) is 22.3 Å². The first-order valence-electron chi connectivity index (χ1n) is 7.27. The van der Waals surface area contributed by atoms with Gasteiger partial charge in [0.2, 0.25) is 5.91 Å². The summed E-state index contributed by atoms with van der Waals surface area (Å²) in [6, 6.07) is 15.2. The second kappa shape index (κ2) is 6.67. The van der Waals surface area contributed by atoms with Crippen LogP contribution in [0.15, 0.2) is 54.7 Å². The van der Waals surface area contributed by atoms with Gasteiger partial charge in [-0.1, -0.05) is 35.9 Å². The van der Waals surface area contributed by atoms with Gasteiger partial charge in [0.05, 0.1) is 17.7 Å². The Morgan fingerprint density at radius 1 is 1.17 bits per heavy atom. The van der Waals surface area contributed by atoms with Crippen LogP contribution in [0.4, 0.5) is 11.4 Å². The number of halogens is 1. The Hall–Kier alpha value is -2.59. The molecule has 1 heterocycles. The summed E-state index contributed by atoms with van der Waals surface area (Å²) in [5, 5.41) is 7.61. The van der Waals surface area contributed by atoms with Gasteiger partial charge in [-0.15, -0.1) is 0 Å². The molecule has 1 aromatic heterocycles. The predicted molar refractivity (Wildman–Crippen MR) is 95.1 cm³/mol. The first kappa shape index (κ1) is 15.3. The highest BCUT2D eigenvalue weighted by molar-refractivity contribution is 6.31. The predicted octanol–water partition coefficient (Wildman–Crippen LogP) is 4.25. The monoisotopic (exact) mass is 325 g/mol. The molecule has 0 radical (unpaired) electrons. The second-order valence-corrected chi connectivity index (χ2v) is 5.65. The molecule has 3 rings (SSSR count). The Balaban J connectivity index is 1.68. The lowest BCUT2D eigenvalue weighted by Gasteiger charge is -2.10. The standard InChI is InChI=1S/C18H16ClN3O/c1-12-7-8-14(10-15(12)19)21-11-17(23)22-16-6-2-4-13-5-3-9-20-18(13)16/h2-10,21H,11H2,1H3,(H,22,23). The molecule has 0 spiro atoms. The zero-order chi connectivity index (χ0) is 16.2. The van der Waals surface area contributed by atoms with Gasteiger partial charge in [-0.3, -0.25) is 9.78 Å². The fourth-order valence-corrected chi connectivity index (χ4v) is 2.47. The first-order chi connectivity index (χ1) is 11.1. The van der Waals surface area contributed by atoms with E-state index in [0.717, 1.165) is 22.2 Å². The molecule has 116 valence electrons. The van der Waals surface area contributed by atoms with Crippen LogP contribution in [0.25, 0.3) is 10.9 Å². The summed E-state index contributed by atoms with van der Waals surface area (Å²) in [4.78, 5) is 16.5. The van der Waals surface area contributed by atoms with Crippen molar-refractivity contribution in [2.24, 2.45) is 0 Å². The molecular weight excluding hydrogens is 310 g/mol. The molecule has 0 saturated heterocycles. The summed E-state index contributed by atoms with van der Waals surface area (Å²) < 4.78 is 0. The van der Waals surface area contributed by atoms with Crippen LogP contribution in [0, 0.1) is 6.92 Å². The summed E-state index contributed by atoms with van der Waals surface area (Å²) in [5.41, 5.74) is 3.30. The van der Waals surface area contributed by atoms with E-state index in [9.17, 15) is 4.79 Å². The zero-order valence-electron chi connectivity index (χ0n) is 12.6. The number of benzene rings is 2. The molecule has 0 saturated carbocycles. The third-order valence-corrected chi connectivity index (χ3v) is 3.94. The third kappa shape index (κ3) is 3.60. The maximum absolute atomic E-state index is 12.1. The van der Waals surface area contributed by atoms with Gasteiger partial charge in [-0.25, -0.2) is 0 Å². The highest BCUT2D eigenvalue weighted by atomic mass is 35.5. The molecular formula is C18H16ClN3O. The average molecular weight is 326 g/mol. The number of hydrogen-bond donors (Lipinski definition) is 2. The lowest BCUT2D eigenvalue weighted by Crippen LogP contribution is -2.22. The second-order valence-electron chi connectivity index (χ2n) is 5.25. The molecule has 0 aliphatic carbocycles. The lowest BCUT2D eigenvalue weighted by molar-refractivity contribution is -0.114. The maximum atomic E-state index is 12.1. The zero-order valence-corrected chi connectivity index (χ0v) is 13.4. The number of aromatic nitrogens is 1. The minimum atomic E-state index is -0.139. The summed E-state index contributed by atoms with van der Waals surface area (Å²) in [7, 11) is 0. The van der Waals surface area contributed by atoms with Crippen molar-refractivity contribution < 1.29 is 4.79 Å². The van der Waals surface area contributed by atoms with Gasteiger partial charge in [0.1, 0.15) is 0 Å². The minimum Gasteiger partial charge on any atom is -0.376 e. The normalized spacial score (nSPS) is 10.5. The summed E-state index contributed by atoms with van der Waals surface area (Å²) in [5.74, 6) is -0.139. The third-order valence-electron chi connectivity index (χ3n) is 3.53. The largest absolute Gasteiger partial charge is 0.376 e. The highest BCUT2D eigenvalue weighted by Gasteiger charge is 2.07. The SMILES string of the molecule is Cc1ccc(NCC(=O)Nc2cccc3cccnc23)cc1Cl. The van der Waals surface area contributed by atoms with Crippen LogP contribution in [-0.2, 0) is 4.79 Å². The molecule has 0 unspecified atom stereocenters. The van der Waals surface area contributed by atoms with Gasteiger partial charge >= 0.3 is 0 Å². The van der Waals surface area contributed by atoms with E-state index in [1.807, 2.05) is 55.5 Å². The van der Waals surface area contributed by atoms with E-state index in [-0.39, 0.29) is 12.5 Å². The number of carbonyl (C=O) groups is 1. The number of nitrogens with zero attached hydrogens (tertiary/aromatic N) is 1. The van der Waals surface area contributed by atoms with E-state index in [0.29, 0.717) is 10.7 Å². The Bertz CT molecular complexity index is 859. The Morgan fingerprint density at radius 2 is 2.00 bits per heavy atom. The molecule has 1 amide bonds. The number of rotatable bonds is 4. The number of carbonyl (C=O) groups excluding carboxylic acids is 1. The van der Waals surface area contributed by atoms with Crippen LogP contribution in [-0.4, -0.2) is 17.4 Å². The van der Waals surface area contributed by atoms with Crippen molar-refractivity contribution >= 4 is 39.8 Å². The first-order valence-corrected chi connectivity index (χ1v) is 7.65. The van der Waals surface area contributed by atoms with Crippen molar-refractivity contribution in [1.29, 1.82) is 0 Å². The van der Waals surface area contributed by atoms with Crippen LogP contribution >= 0.6 is 11.6 Å². The van der Waals surface area contributed by atoms with E-state index in [2.05, 4.69) is 15.6 Å². The van der Waals surface area contributed by atoms with Crippen LogP contribution in [0.1, 0.15) is 5.56 Å². The summed E-state index contributed by atoms with van der Waals surface area (Å²) in [6.45, 7) is 2.09. The van der Waals surface area contributed by atoms with Crippen molar-refractivity contribution in [3.63, 3.8) is 0 Å². The van der Waals surface area contributed by atoms with Crippen molar-refractivity contribution in [2.45, 2.75) is 6.92 Å². The van der Waals surface area contributed by atoms with Crippen molar-refractivity contribution in [3.8, 4) is 0 Å². The molecule has 0 bridgehead atoms. The summed E-state index contributed by atoms with van der Waals surface area (Å²) in [6.07, 6.45) is 1.71. The van der Waals surface area contributed by atoms with Gasteiger partial charge < -0.3 is 10.6 Å². The highest BCUT2D eigenvalue weighted by Crippen LogP contribution is 2.21. The van der Waals surface area contributed by atoms with Gasteiger partial charge in [0.15, 0.2) is 0 Å². The number of nitrogens with one attached hydrogen (secondary N) is 2. The molecule has 2 aromatic carbocycles. The van der Waals surface area contributed by atoms with E-state index in [4.69, 9.17) is 11.6 Å². The molecule has 23 heavy (non-hydrogen) atoms. The molecule has 0 fully saturated rings. The van der Waals surface area contributed by atoms with E-state index in [1.165, 1.54) is 0 Å². The van der Waals surface area contributed by atoms with Gasteiger partial charge in [-0.2, -0.15) is 0 Å². The molecule has 5 heteroatoms. The van der Waals surface area contributed by atoms with Gasteiger partial charge in [-0.05, 0) is 36.8 Å². The minimum absolute atomic E-state index is 0.139. The van der Waals surface area contributed by atoms with E-state index >= 15 is 0 Å². The van der Waals surface area contributed by atoms with Crippen molar-refractivity contribution in [1.82, 2.24) is 4.98 Å².